The Kier molecular flexibility index (Phi) is 6.37. The zero-order valence-electron chi connectivity index (χ0n) is 12.8. The van der Waals surface area contributed by atoms with Gasteiger partial charge in [-0.25, -0.2) is 0 Å². The van der Waals surface area contributed by atoms with Crippen LogP contribution in [0.15, 0.2) is 30.3 Å². The summed E-state index contributed by atoms with van der Waals surface area (Å²) in [5.74, 6) is 1.93. The van der Waals surface area contributed by atoms with Crippen molar-refractivity contribution >= 4 is 26.7 Å². The molecule has 0 atom stereocenters. The van der Waals surface area contributed by atoms with Crippen LogP contribution >= 0.6 is 15.9 Å². The smallest absolute Gasteiger partial charge is 0.122 e. The molecular weight excluding hydrogens is 328 g/mol. The Balaban J connectivity index is 2.13. The molecule has 0 aliphatic carbocycles. The maximum atomic E-state index is 5.80. The molecule has 2 aromatic carbocycles. The van der Waals surface area contributed by atoms with Crippen LogP contribution in [0.2, 0.25) is 0 Å². The Morgan fingerprint density at radius 1 is 1.00 bits per heavy atom. The lowest BCUT2D eigenvalue weighted by atomic mass is 10.0. The predicted octanol–water partition coefficient (Wildman–Crippen LogP) is 5.49. The lowest BCUT2D eigenvalue weighted by Gasteiger charge is -2.12. The van der Waals surface area contributed by atoms with Crippen molar-refractivity contribution in [3.8, 4) is 11.5 Å². The quantitative estimate of drug-likeness (QED) is 0.462. The first kappa shape index (κ1) is 16.2. The van der Waals surface area contributed by atoms with Crippen LogP contribution in [-0.4, -0.2) is 18.5 Å². The monoisotopic (exact) mass is 350 g/mol. The maximum Gasteiger partial charge on any atom is 0.122 e. The SMILES string of the molecule is CCCOc1ccc2cc(OCCCCBr)ccc2c1C. The molecule has 21 heavy (non-hydrogen) atoms. The van der Waals surface area contributed by atoms with Gasteiger partial charge in [-0.05, 0) is 60.7 Å². The standard InChI is InChI=1S/C18H23BrO2/c1-3-11-21-18-9-6-15-13-16(20-12-5-4-10-19)7-8-17(15)14(18)2/h6-9,13H,3-5,10-12H2,1-2H3. The summed E-state index contributed by atoms with van der Waals surface area (Å²) < 4.78 is 11.6. The van der Waals surface area contributed by atoms with Crippen molar-refractivity contribution < 1.29 is 9.47 Å². The summed E-state index contributed by atoms with van der Waals surface area (Å²) in [7, 11) is 0. The Bertz CT molecular complexity index is 581. The van der Waals surface area contributed by atoms with Crippen LogP contribution in [-0.2, 0) is 0 Å². The van der Waals surface area contributed by atoms with Crippen LogP contribution in [0.5, 0.6) is 11.5 Å². The molecule has 3 heteroatoms. The zero-order chi connectivity index (χ0) is 15.1. The number of alkyl halides is 1. The number of rotatable bonds is 8. The van der Waals surface area contributed by atoms with E-state index in [2.05, 4.69) is 54.0 Å². The van der Waals surface area contributed by atoms with Gasteiger partial charge in [0.1, 0.15) is 11.5 Å². The molecule has 0 spiro atoms. The average molecular weight is 351 g/mol. The van der Waals surface area contributed by atoms with Gasteiger partial charge in [-0.15, -0.1) is 0 Å². The number of hydrogen-bond donors (Lipinski definition) is 0. The minimum absolute atomic E-state index is 0.765. The first-order valence-corrected chi connectivity index (χ1v) is 8.73. The van der Waals surface area contributed by atoms with Crippen LogP contribution in [0.4, 0.5) is 0 Å². The van der Waals surface area contributed by atoms with Crippen LogP contribution in [0, 0.1) is 6.92 Å². The Morgan fingerprint density at radius 2 is 1.86 bits per heavy atom. The summed E-state index contributed by atoms with van der Waals surface area (Å²) >= 11 is 3.43. The fraction of sp³-hybridized carbons (Fsp3) is 0.444. The van der Waals surface area contributed by atoms with Gasteiger partial charge in [-0.1, -0.05) is 35.0 Å². The second-order valence-electron chi connectivity index (χ2n) is 5.16. The normalized spacial score (nSPS) is 10.8. The van der Waals surface area contributed by atoms with E-state index < -0.39 is 0 Å². The Labute approximate surface area is 135 Å². The van der Waals surface area contributed by atoms with E-state index in [0.29, 0.717) is 0 Å². The lowest BCUT2D eigenvalue weighted by molar-refractivity contribution is 0.310. The fourth-order valence-electron chi connectivity index (χ4n) is 2.29. The molecule has 0 saturated carbocycles. The van der Waals surface area contributed by atoms with E-state index in [1.807, 2.05) is 6.07 Å². The molecule has 0 N–H and O–H groups in total. The van der Waals surface area contributed by atoms with Crippen LogP contribution in [0.1, 0.15) is 31.7 Å². The molecule has 0 aromatic heterocycles. The third-order valence-electron chi connectivity index (χ3n) is 3.47. The number of ether oxygens (including phenoxy) is 2. The molecule has 0 aliphatic heterocycles. The van der Waals surface area contributed by atoms with Crippen molar-refractivity contribution in [1.29, 1.82) is 0 Å². The number of hydrogen-bond acceptors (Lipinski definition) is 2. The van der Waals surface area contributed by atoms with Gasteiger partial charge in [0.05, 0.1) is 13.2 Å². The van der Waals surface area contributed by atoms with Crippen molar-refractivity contribution in [1.82, 2.24) is 0 Å². The first-order valence-electron chi connectivity index (χ1n) is 7.61. The highest BCUT2D eigenvalue weighted by atomic mass is 79.9. The Morgan fingerprint density at radius 3 is 2.62 bits per heavy atom. The van der Waals surface area contributed by atoms with Crippen molar-refractivity contribution in [2.24, 2.45) is 0 Å². The fourth-order valence-corrected chi connectivity index (χ4v) is 2.68. The highest BCUT2D eigenvalue weighted by molar-refractivity contribution is 9.09. The second-order valence-corrected chi connectivity index (χ2v) is 5.96. The molecule has 0 bridgehead atoms. The van der Waals surface area contributed by atoms with Gasteiger partial charge in [-0.2, -0.15) is 0 Å². The van der Waals surface area contributed by atoms with E-state index in [9.17, 15) is 0 Å². The molecule has 114 valence electrons. The van der Waals surface area contributed by atoms with Crippen molar-refractivity contribution in [3.05, 3.63) is 35.9 Å². The second kappa shape index (κ2) is 8.28. The third-order valence-corrected chi connectivity index (χ3v) is 4.03. The van der Waals surface area contributed by atoms with Gasteiger partial charge >= 0.3 is 0 Å². The third kappa shape index (κ3) is 4.37. The van der Waals surface area contributed by atoms with Gasteiger partial charge in [0.25, 0.3) is 0 Å². The van der Waals surface area contributed by atoms with Crippen LogP contribution in [0.3, 0.4) is 0 Å². The molecular formula is C18H23BrO2. The maximum absolute atomic E-state index is 5.80. The van der Waals surface area contributed by atoms with E-state index >= 15 is 0 Å². The molecule has 0 unspecified atom stereocenters. The molecule has 0 saturated heterocycles. The van der Waals surface area contributed by atoms with Gasteiger partial charge < -0.3 is 9.47 Å². The minimum atomic E-state index is 0.765. The summed E-state index contributed by atoms with van der Waals surface area (Å²) in [6.07, 6.45) is 3.25. The molecule has 0 fully saturated rings. The molecule has 2 rings (SSSR count). The predicted molar refractivity (Wildman–Crippen MR) is 93.0 cm³/mol. The number of benzene rings is 2. The number of unbranched alkanes of at least 4 members (excludes halogenated alkanes) is 1. The van der Waals surface area contributed by atoms with E-state index in [1.165, 1.54) is 16.3 Å². The first-order chi connectivity index (χ1) is 10.3. The van der Waals surface area contributed by atoms with E-state index in [-0.39, 0.29) is 0 Å². The summed E-state index contributed by atoms with van der Waals surface area (Å²) in [6, 6.07) is 10.5. The minimum Gasteiger partial charge on any atom is -0.494 e. The van der Waals surface area contributed by atoms with Gasteiger partial charge in [0.2, 0.25) is 0 Å². The van der Waals surface area contributed by atoms with Gasteiger partial charge in [-0.3, -0.25) is 0 Å². The highest BCUT2D eigenvalue weighted by Gasteiger charge is 2.06. The summed E-state index contributed by atoms with van der Waals surface area (Å²) in [4.78, 5) is 0. The van der Waals surface area contributed by atoms with Crippen LogP contribution in [0.25, 0.3) is 10.8 Å². The average Bonchev–Trinajstić information content (AvgIpc) is 2.51. The van der Waals surface area contributed by atoms with E-state index in [4.69, 9.17) is 9.47 Å². The van der Waals surface area contributed by atoms with Crippen molar-refractivity contribution in [3.63, 3.8) is 0 Å². The number of aryl methyl sites for hydroxylation is 1. The van der Waals surface area contributed by atoms with Gasteiger partial charge in [0.15, 0.2) is 0 Å². The molecule has 0 aliphatic rings. The largest absolute Gasteiger partial charge is 0.494 e. The van der Waals surface area contributed by atoms with Gasteiger partial charge in [0, 0.05) is 5.33 Å². The van der Waals surface area contributed by atoms with Crippen molar-refractivity contribution in [2.45, 2.75) is 33.1 Å². The van der Waals surface area contributed by atoms with E-state index in [0.717, 1.165) is 49.3 Å². The topological polar surface area (TPSA) is 18.5 Å². The lowest BCUT2D eigenvalue weighted by Crippen LogP contribution is -1.98. The molecule has 0 amide bonds. The number of fused-ring (bicyclic) bond motifs is 1. The summed E-state index contributed by atoms with van der Waals surface area (Å²) in [5, 5.41) is 3.47. The molecule has 2 aromatic rings. The Hall–Kier alpha value is -1.22. The molecule has 0 heterocycles. The van der Waals surface area contributed by atoms with Crippen molar-refractivity contribution in [2.75, 3.05) is 18.5 Å². The summed E-state index contributed by atoms with van der Waals surface area (Å²) in [6.45, 7) is 5.77. The van der Waals surface area contributed by atoms with E-state index in [1.54, 1.807) is 0 Å². The molecule has 2 nitrogen and oxygen atoms in total. The zero-order valence-corrected chi connectivity index (χ0v) is 14.4. The van der Waals surface area contributed by atoms with Crippen LogP contribution < -0.4 is 9.47 Å². The number of halogens is 1. The molecule has 0 radical (unpaired) electrons. The highest BCUT2D eigenvalue weighted by Crippen LogP contribution is 2.30. The summed E-state index contributed by atoms with van der Waals surface area (Å²) in [5.41, 5.74) is 1.20.